The van der Waals surface area contributed by atoms with Gasteiger partial charge >= 0.3 is 0 Å². The largest absolute Gasteiger partial charge is 0.248 e. The van der Waals surface area contributed by atoms with E-state index in [2.05, 4.69) is 71.0 Å². The van der Waals surface area contributed by atoms with Crippen molar-refractivity contribution < 1.29 is 0 Å². The van der Waals surface area contributed by atoms with E-state index in [-0.39, 0.29) is 0 Å². The highest BCUT2D eigenvalue weighted by molar-refractivity contribution is 5.87. The Bertz CT molecular complexity index is 885. The molecule has 1 aromatic heterocycles. The molecule has 1 nitrogen and oxygen atoms in total. The molecule has 0 amide bonds. The van der Waals surface area contributed by atoms with Gasteiger partial charge in [0.25, 0.3) is 0 Å². The highest BCUT2D eigenvalue weighted by Gasteiger charge is 2.12. The maximum Gasteiger partial charge on any atom is 0.0715 e. The van der Waals surface area contributed by atoms with Crippen LogP contribution < -0.4 is 0 Å². The van der Waals surface area contributed by atoms with Gasteiger partial charge in [-0.25, -0.2) is 4.98 Å². The molecular weight excluding hydrogens is 302 g/mol. The van der Waals surface area contributed by atoms with Gasteiger partial charge < -0.3 is 0 Å². The quantitative estimate of drug-likeness (QED) is 0.513. The summed E-state index contributed by atoms with van der Waals surface area (Å²) >= 11 is 0. The van der Waals surface area contributed by atoms with Crippen molar-refractivity contribution in [2.24, 2.45) is 0 Å². The first-order valence-electron chi connectivity index (χ1n) is 9.60. The summed E-state index contributed by atoms with van der Waals surface area (Å²) < 4.78 is 0. The number of benzene rings is 2. The molecular formula is C24H29N. The van der Waals surface area contributed by atoms with Gasteiger partial charge in [0, 0.05) is 10.9 Å². The van der Waals surface area contributed by atoms with Crippen molar-refractivity contribution in [3.8, 4) is 11.3 Å². The van der Waals surface area contributed by atoms with Gasteiger partial charge in [-0.15, -0.1) is 0 Å². The first-order chi connectivity index (χ1) is 12.1. The van der Waals surface area contributed by atoms with Crippen LogP contribution in [0.4, 0.5) is 0 Å². The molecule has 0 saturated carbocycles. The van der Waals surface area contributed by atoms with Crippen LogP contribution in [-0.4, -0.2) is 4.98 Å². The second-order valence-corrected chi connectivity index (χ2v) is 7.09. The zero-order valence-electron chi connectivity index (χ0n) is 16.2. The minimum atomic E-state index is 1.07. The predicted molar refractivity (Wildman–Crippen MR) is 109 cm³/mol. The highest BCUT2D eigenvalue weighted by Crippen LogP contribution is 2.30. The van der Waals surface area contributed by atoms with Crippen LogP contribution in [0.15, 0.2) is 36.4 Å². The molecule has 0 atom stereocenters. The van der Waals surface area contributed by atoms with Gasteiger partial charge in [0.1, 0.15) is 0 Å². The lowest BCUT2D eigenvalue weighted by atomic mass is 9.90. The Balaban J connectivity index is 2.23. The summed E-state index contributed by atoms with van der Waals surface area (Å²) in [7, 11) is 0. The van der Waals surface area contributed by atoms with Gasteiger partial charge in [0.2, 0.25) is 0 Å². The lowest BCUT2D eigenvalue weighted by molar-refractivity contribution is 0.891. The van der Waals surface area contributed by atoms with E-state index < -0.39 is 0 Å². The molecule has 0 fully saturated rings. The Morgan fingerprint density at radius 2 is 1.48 bits per heavy atom. The summed E-state index contributed by atoms with van der Waals surface area (Å²) in [6.45, 7) is 11.1. The van der Waals surface area contributed by atoms with E-state index in [9.17, 15) is 0 Å². The van der Waals surface area contributed by atoms with Gasteiger partial charge in [-0.3, -0.25) is 0 Å². The lowest BCUT2D eigenvalue weighted by Gasteiger charge is -2.16. The number of rotatable bonds is 5. The zero-order chi connectivity index (χ0) is 18.0. The molecule has 1 heterocycles. The molecule has 1 heteroatoms. The molecule has 0 bridgehead atoms. The second-order valence-electron chi connectivity index (χ2n) is 7.09. The van der Waals surface area contributed by atoms with Gasteiger partial charge in [0.05, 0.1) is 11.2 Å². The molecule has 3 aromatic rings. The molecule has 0 aliphatic carbocycles. The molecule has 0 spiro atoms. The van der Waals surface area contributed by atoms with Crippen molar-refractivity contribution in [1.82, 2.24) is 4.98 Å². The Hall–Kier alpha value is -2.15. The maximum absolute atomic E-state index is 5.05. The molecule has 25 heavy (non-hydrogen) atoms. The van der Waals surface area contributed by atoms with Crippen LogP contribution in [0.25, 0.3) is 22.2 Å². The number of aryl methyl sites for hydroxylation is 4. The number of hydrogen-bond donors (Lipinski definition) is 0. The molecule has 130 valence electrons. The topological polar surface area (TPSA) is 12.9 Å². The lowest BCUT2D eigenvalue weighted by Crippen LogP contribution is -2.01. The predicted octanol–water partition coefficient (Wildman–Crippen LogP) is 6.60. The molecule has 0 radical (unpaired) electrons. The van der Waals surface area contributed by atoms with Crippen molar-refractivity contribution in [1.29, 1.82) is 0 Å². The van der Waals surface area contributed by atoms with Gasteiger partial charge in [-0.1, -0.05) is 50.5 Å². The molecule has 2 aromatic carbocycles. The Labute approximate surface area is 152 Å². The normalized spacial score (nSPS) is 11.2. The Morgan fingerprint density at radius 3 is 2.08 bits per heavy atom. The van der Waals surface area contributed by atoms with E-state index in [0.29, 0.717) is 0 Å². The van der Waals surface area contributed by atoms with E-state index in [1.54, 1.807) is 0 Å². The number of nitrogens with zero attached hydrogens (tertiary/aromatic N) is 1. The third-order valence-corrected chi connectivity index (χ3v) is 5.06. The number of fused-ring (bicyclic) bond motifs is 1. The minimum absolute atomic E-state index is 1.07. The monoisotopic (exact) mass is 331 g/mol. The molecule has 0 N–H and O–H groups in total. The fourth-order valence-electron chi connectivity index (χ4n) is 4.07. The minimum Gasteiger partial charge on any atom is -0.248 e. The van der Waals surface area contributed by atoms with E-state index >= 15 is 0 Å². The van der Waals surface area contributed by atoms with Crippen LogP contribution >= 0.6 is 0 Å². The van der Waals surface area contributed by atoms with Crippen LogP contribution in [-0.2, 0) is 19.3 Å². The summed E-state index contributed by atoms with van der Waals surface area (Å²) in [4.78, 5) is 5.05. The molecule has 0 saturated heterocycles. The molecule has 0 unspecified atom stereocenters. The average Bonchev–Trinajstić information content (AvgIpc) is 2.59. The molecule has 0 aliphatic rings. The van der Waals surface area contributed by atoms with Crippen LogP contribution in [0.2, 0.25) is 0 Å². The van der Waals surface area contributed by atoms with Gasteiger partial charge in [0.15, 0.2) is 0 Å². The van der Waals surface area contributed by atoms with Crippen molar-refractivity contribution in [3.63, 3.8) is 0 Å². The summed E-state index contributed by atoms with van der Waals surface area (Å²) in [5.74, 6) is 0. The third-order valence-electron chi connectivity index (χ3n) is 5.06. The Morgan fingerprint density at radius 1 is 0.800 bits per heavy atom. The SMILES string of the molecule is CCCc1cc2nc(-c3cc(C)cc(C)c3)ccc2c(CC)c1CC. The fraction of sp³-hybridized carbons (Fsp3) is 0.375. The van der Waals surface area contributed by atoms with E-state index in [1.807, 2.05) is 0 Å². The average molecular weight is 332 g/mol. The zero-order valence-corrected chi connectivity index (χ0v) is 16.2. The Kier molecular flexibility index (Phi) is 5.22. The summed E-state index contributed by atoms with van der Waals surface area (Å²) in [5.41, 5.74) is 10.5. The van der Waals surface area contributed by atoms with Gasteiger partial charge in [-0.05, 0) is 74.1 Å². The first-order valence-corrected chi connectivity index (χ1v) is 9.60. The van der Waals surface area contributed by atoms with Crippen LogP contribution in [0.1, 0.15) is 55.0 Å². The smallest absolute Gasteiger partial charge is 0.0715 e. The number of pyridine rings is 1. The van der Waals surface area contributed by atoms with E-state index in [0.717, 1.165) is 30.5 Å². The van der Waals surface area contributed by atoms with Crippen molar-refractivity contribution in [3.05, 3.63) is 64.2 Å². The maximum atomic E-state index is 5.05. The summed E-state index contributed by atoms with van der Waals surface area (Å²) in [5, 5.41) is 1.33. The standard InChI is InChI=1S/C24H29N/c1-6-9-18-15-24-22(21(8-3)20(18)7-2)10-11-23(25-24)19-13-16(4)12-17(5)14-19/h10-15H,6-9H2,1-5H3. The second kappa shape index (κ2) is 7.39. The fourth-order valence-corrected chi connectivity index (χ4v) is 4.07. The number of hydrogen-bond acceptors (Lipinski definition) is 1. The van der Waals surface area contributed by atoms with Crippen molar-refractivity contribution in [2.45, 2.75) is 60.3 Å². The number of aromatic nitrogens is 1. The summed E-state index contributed by atoms with van der Waals surface area (Å²) in [6.07, 6.45) is 4.50. The molecule has 3 rings (SSSR count). The highest BCUT2D eigenvalue weighted by atomic mass is 14.7. The van der Waals surface area contributed by atoms with Crippen LogP contribution in [0.5, 0.6) is 0 Å². The van der Waals surface area contributed by atoms with Crippen molar-refractivity contribution >= 4 is 10.9 Å². The van der Waals surface area contributed by atoms with Crippen LogP contribution in [0.3, 0.4) is 0 Å². The van der Waals surface area contributed by atoms with E-state index in [4.69, 9.17) is 4.98 Å². The van der Waals surface area contributed by atoms with Crippen molar-refractivity contribution in [2.75, 3.05) is 0 Å². The van der Waals surface area contributed by atoms with Gasteiger partial charge in [-0.2, -0.15) is 0 Å². The van der Waals surface area contributed by atoms with Crippen LogP contribution in [0, 0.1) is 13.8 Å². The summed E-state index contributed by atoms with van der Waals surface area (Å²) in [6, 6.07) is 13.5. The van der Waals surface area contributed by atoms with E-state index in [1.165, 1.54) is 45.2 Å². The first kappa shape index (κ1) is 17.7. The third kappa shape index (κ3) is 3.46. The molecule has 0 aliphatic heterocycles.